The van der Waals surface area contributed by atoms with Crippen molar-refractivity contribution in [2.24, 2.45) is 11.0 Å². The van der Waals surface area contributed by atoms with E-state index in [-0.39, 0.29) is 12.3 Å². The van der Waals surface area contributed by atoms with Crippen LogP contribution in [-0.4, -0.2) is 16.9 Å². The Labute approximate surface area is 147 Å². The summed E-state index contributed by atoms with van der Waals surface area (Å²) in [7, 11) is 0. The summed E-state index contributed by atoms with van der Waals surface area (Å²) in [5.41, 5.74) is 4.68. The molecule has 124 valence electrons. The molecule has 2 atom stereocenters. The number of fused-ring (bicyclic) bond motifs is 3. The van der Waals surface area contributed by atoms with E-state index in [0.717, 1.165) is 28.5 Å². The summed E-state index contributed by atoms with van der Waals surface area (Å²) in [6, 6.07) is 14.6. The van der Waals surface area contributed by atoms with Crippen molar-refractivity contribution in [3.8, 4) is 5.75 Å². The third kappa shape index (κ3) is 2.57. The highest BCUT2D eigenvalue weighted by Gasteiger charge is 2.41. The SMILES string of the molecule is Cc1ccc(C2=NN3C(C2)c2cc(Cl)ccc2OC3C(C)C)cc1. The van der Waals surface area contributed by atoms with Crippen molar-refractivity contribution in [1.29, 1.82) is 0 Å². The molecule has 3 nitrogen and oxygen atoms in total. The van der Waals surface area contributed by atoms with E-state index in [0.29, 0.717) is 5.92 Å². The lowest BCUT2D eigenvalue weighted by atomic mass is 9.95. The van der Waals surface area contributed by atoms with Crippen LogP contribution in [-0.2, 0) is 0 Å². The van der Waals surface area contributed by atoms with Gasteiger partial charge in [0, 0.05) is 22.9 Å². The quantitative estimate of drug-likeness (QED) is 0.753. The minimum atomic E-state index is -0.0494. The first-order valence-corrected chi connectivity index (χ1v) is 8.79. The van der Waals surface area contributed by atoms with Gasteiger partial charge in [0.1, 0.15) is 5.75 Å². The molecular formula is C20H21ClN2O. The maximum Gasteiger partial charge on any atom is 0.190 e. The van der Waals surface area contributed by atoms with Crippen LogP contribution in [0.15, 0.2) is 47.6 Å². The summed E-state index contributed by atoms with van der Waals surface area (Å²) in [5, 5.41) is 7.79. The Morgan fingerprint density at radius 1 is 1.17 bits per heavy atom. The van der Waals surface area contributed by atoms with E-state index in [2.05, 4.69) is 50.0 Å². The Balaban J connectivity index is 1.75. The largest absolute Gasteiger partial charge is 0.468 e. The van der Waals surface area contributed by atoms with Gasteiger partial charge in [-0.15, -0.1) is 0 Å². The van der Waals surface area contributed by atoms with Crippen molar-refractivity contribution in [1.82, 2.24) is 5.01 Å². The van der Waals surface area contributed by atoms with Crippen LogP contribution in [0, 0.1) is 12.8 Å². The van der Waals surface area contributed by atoms with Gasteiger partial charge in [0.05, 0.1) is 11.8 Å². The predicted octanol–water partition coefficient (Wildman–Crippen LogP) is 5.17. The van der Waals surface area contributed by atoms with Crippen molar-refractivity contribution < 1.29 is 4.74 Å². The van der Waals surface area contributed by atoms with E-state index in [1.54, 1.807) is 0 Å². The normalized spacial score (nSPS) is 22.0. The zero-order chi connectivity index (χ0) is 16.8. The summed E-state index contributed by atoms with van der Waals surface area (Å²) in [6.07, 6.45) is 0.829. The Morgan fingerprint density at radius 3 is 2.62 bits per heavy atom. The van der Waals surface area contributed by atoms with Crippen molar-refractivity contribution in [2.45, 2.75) is 39.5 Å². The molecule has 2 aromatic carbocycles. The van der Waals surface area contributed by atoms with Crippen molar-refractivity contribution in [3.63, 3.8) is 0 Å². The number of hydrogen-bond donors (Lipinski definition) is 0. The van der Waals surface area contributed by atoms with Crippen LogP contribution in [0.3, 0.4) is 0 Å². The molecule has 0 aliphatic carbocycles. The lowest BCUT2D eigenvalue weighted by Gasteiger charge is -2.40. The van der Waals surface area contributed by atoms with Crippen LogP contribution >= 0.6 is 11.6 Å². The van der Waals surface area contributed by atoms with Crippen molar-refractivity contribution in [3.05, 3.63) is 64.2 Å². The fourth-order valence-electron chi connectivity index (χ4n) is 3.45. The number of halogens is 1. The molecule has 2 heterocycles. The highest BCUT2D eigenvalue weighted by molar-refractivity contribution is 6.30. The zero-order valence-electron chi connectivity index (χ0n) is 14.2. The molecule has 0 radical (unpaired) electrons. The van der Waals surface area contributed by atoms with E-state index in [1.165, 1.54) is 11.1 Å². The topological polar surface area (TPSA) is 24.8 Å². The Morgan fingerprint density at radius 2 is 1.92 bits per heavy atom. The Bertz CT molecular complexity index is 798. The third-order valence-electron chi connectivity index (χ3n) is 4.74. The average molecular weight is 341 g/mol. The first-order valence-electron chi connectivity index (χ1n) is 8.42. The van der Waals surface area contributed by atoms with E-state index in [4.69, 9.17) is 21.4 Å². The molecule has 4 rings (SSSR count). The molecule has 0 aromatic heterocycles. The number of hydrazone groups is 1. The second-order valence-electron chi connectivity index (χ2n) is 6.95. The monoisotopic (exact) mass is 340 g/mol. The van der Waals surface area contributed by atoms with Gasteiger partial charge in [-0.05, 0) is 30.7 Å². The fourth-order valence-corrected chi connectivity index (χ4v) is 3.63. The second-order valence-corrected chi connectivity index (χ2v) is 7.38. The summed E-state index contributed by atoms with van der Waals surface area (Å²) < 4.78 is 6.23. The van der Waals surface area contributed by atoms with E-state index >= 15 is 0 Å². The molecule has 0 spiro atoms. The minimum Gasteiger partial charge on any atom is -0.468 e. The van der Waals surface area contributed by atoms with Gasteiger partial charge in [-0.1, -0.05) is 55.3 Å². The van der Waals surface area contributed by atoms with Gasteiger partial charge in [-0.25, -0.2) is 5.01 Å². The summed E-state index contributed by atoms with van der Waals surface area (Å²) in [4.78, 5) is 0. The van der Waals surface area contributed by atoms with Crippen LogP contribution in [0.4, 0.5) is 0 Å². The van der Waals surface area contributed by atoms with Gasteiger partial charge in [0.25, 0.3) is 0 Å². The molecular weight excluding hydrogens is 320 g/mol. The van der Waals surface area contributed by atoms with Gasteiger partial charge < -0.3 is 4.74 Å². The summed E-state index contributed by atoms with van der Waals surface area (Å²) in [5.74, 6) is 1.28. The Kier molecular flexibility index (Phi) is 3.76. The standard InChI is InChI=1S/C20H21ClN2O/c1-12(2)20-23-18(16-10-15(21)8-9-19(16)24-20)11-17(22-23)14-6-4-13(3)5-7-14/h4-10,12,18,20H,11H2,1-3H3. The number of ether oxygens (including phenoxy) is 1. The van der Waals surface area contributed by atoms with Gasteiger partial charge in [-0.2, -0.15) is 5.10 Å². The number of hydrogen-bond acceptors (Lipinski definition) is 3. The van der Waals surface area contributed by atoms with Crippen LogP contribution in [0.2, 0.25) is 5.02 Å². The summed E-state index contributed by atoms with van der Waals surface area (Å²) >= 11 is 6.23. The maximum absolute atomic E-state index is 6.23. The smallest absolute Gasteiger partial charge is 0.190 e. The maximum atomic E-state index is 6.23. The fraction of sp³-hybridized carbons (Fsp3) is 0.350. The Hall–Kier alpha value is -2.00. The molecule has 0 saturated heterocycles. The first-order chi connectivity index (χ1) is 11.5. The lowest BCUT2D eigenvalue weighted by Crippen LogP contribution is -2.43. The van der Waals surface area contributed by atoms with Crippen LogP contribution in [0.5, 0.6) is 5.75 Å². The van der Waals surface area contributed by atoms with E-state index in [1.807, 2.05) is 18.2 Å². The number of aryl methyl sites for hydroxylation is 1. The first kappa shape index (κ1) is 15.5. The molecule has 2 aliphatic rings. The second kappa shape index (κ2) is 5.82. The molecule has 0 saturated carbocycles. The molecule has 2 aliphatic heterocycles. The van der Waals surface area contributed by atoms with Crippen LogP contribution < -0.4 is 4.74 Å². The number of rotatable bonds is 2. The molecule has 0 amide bonds. The van der Waals surface area contributed by atoms with Crippen molar-refractivity contribution >= 4 is 17.3 Å². The average Bonchev–Trinajstić information content (AvgIpc) is 3.00. The van der Waals surface area contributed by atoms with Gasteiger partial charge in [-0.3, -0.25) is 0 Å². The van der Waals surface area contributed by atoms with Crippen LogP contribution in [0.1, 0.15) is 43.0 Å². The van der Waals surface area contributed by atoms with Gasteiger partial charge in [0.15, 0.2) is 6.23 Å². The highest BCUT2D eigenvalue weighted by Crippen LogP contribution is 2.45. The molecule has 0 bridgehead atoms. The van der Waals surface area contributed by atoms with E-state index < -0.39 is 0 Å². The van der Waals surface area contributed by atoms with Gasteiger partial charge >= 0.3 is 0 Å². The molecule has 0 N–H and O–H groups in total. The number of benzene rings is 2. The molecule has 4 heteroatoms. The summed E-state index contributed by atoms with van der Waals surface area (Å²) in [6.45, 7) is 6.44. The van der Waals surface area contributed by atoms with E-state index in [9.17, 15) is 0 Å². The zero-order valence-corrected chi connectivity index (χ0v) is 14.9. The molecule has 2 unspecified atom stereocenters. The molecule has 24 heavy (non-hydrogen) atoms. The highest BCUT2D eigenvalue weighted by atomic mass is 35.5. The van der Waals surface area contributed by atoms with Crippen molar-refractivity contribution in [2.75, 3.05) is 0 Å². The molecule has 2 aromatic rings. The van der Waals surface area contributed by atoms with Gasteiger partial charge in [0.2, 0.25) is 0 Å². The minimum absolute atomic E-state index is 0.0494. The van der Waals surface area contributed by atoms with Crippen LogP contribution in [0.25, 0.3) is 0 Å². The third-order valence-corrected chi connectivity index (χ3v) is 4.97. The number of nitrogens with zero attached hydrogens (tertiary/aromatic N) is 2. The predicted molar refractivity (Wildman–Crippen MR) is 97.6 cm³/mol. The molecule has 0 fully saturated rings. The lowest BCUT2D eigenvalue weighted by molar-refractivity contribution is -0.0461.